The van der Waals surface area contributed by atoms with Crippen molar-refractivity contribution in [3.05, 3.63) is 47.8 Å². The monoisotopic (exact) mass is 230 g/mol. The number of carbonyl (C=O) groups excluding carboxylic acids is 2. The Bertz CT molecular complexity index is 548. The highest BCUT2D eigenvalue weighted by atomic mass is 16.2. The van der Waals surface area contributed by atoms with E-state index in [1.165, 1.54) is 12.3 Å². The maximum atomic E-state index is 11.7. The number of nitrogens with two attached hydrogens (primary N) is 1. The van der Waals surface area contributed by atoms with Crippen molar-refractivity contribution in [2.24, 2.45) is 5.73 Å². The van der Waals surface area contributed by atoms with Crippen LogP contribution in [0.4, 0.5) is 5.69 Å². The Morgan fingerprint density at radius 3 is 2.65 bits per heavy atom. The molecule has 6 heteroatoms. The van der Waals surface area contributed by atoms with Crippen LogP contribution in [0.5, 0.6) is 0 Å². The third-order valence-corrected chi connectivity index (χ3v) is 2.17. The zero-order valence-electron chi connectivity index (χ0n) is 8.81. The Morgan fingerprint density at radius 1 is 1.24 bits per heavy atom. The van der Waals surface area contributed by atoms with Crippen molar-refractivity contribution in [2.45, 2.75) is 0 Å². The van der Waals surface area contributed by atoms with Gasteiger partial charge in [-0.3, -0.25) is 14.7 Å². The molecular weight excluding hydrogens is 220 g/mol. The molecule has 2 rings (SSSR count). The van der Waals surface area contributed by atoms with Crippen LogP contribution >= 0.6 is 0 Å². The van der Waals surface area contributed by atoms with Crippen molar-refractivity contribution in [3.8, 4) is 0 Å². The number of carbonyl (C=O) groups is 2. The minimum Gasteiger partial charge on any atom is -0.366 e. The maximum absolute atomic E-state index is 11.7. The van der Waals surface area contributed by atoms with Gasteiger partial charge in [-0.05, 0) is 18.2 Å². The van der Waals surface area contributed by atoms with Crippen molar-refractivity contribution in [1.29, 1.82) is 0 Å². The Morgan fingerprint density at radius 2 is 2.00 bits per heavy atom. The lowest BCUT2D eigenvalue weighted by Crippen LogP contribution is -2.18. The Kier molecular flexibility index (Phi) is 2.87. The van der Waals surface area contributed by atoms with Gasteiger partial charge in [-0.1, -0.05) is 12.1 Å². The highest BCUT2D eigenvalue weighted by Crippen LogP contribution is 2.14. The quantitative estimate of drug-likeness (QED) is 0.725. The molecule has 0 saturated carbocycles. The van der Waals surface area contributed by atoms with E-state index in [9.17, 15) is 9.59 Å². The summed E-state index contributed by atoms with van der Waals surface area (Å²) in [5.41, 5.74) is 6.07. The second kappa shape index (κ2) is 4.48. The van der Waals surface area contributed by atoms with Crippen molar-refractivity contribution >= 4 is 17.5 Å². The molecule has 1 aromatic heterocycles. The van der Waals surface area contributed by atoms with Gasteiger partial charge >= 0.3 is 0 Å². The molecular formula is C11H10N4O2. The van der Waals surface area contributed by atoms with Gasteiger partial charge in [0.2, 0.25) is 0 Å². The van der Waals surface area contributed by atoms with Gasteiger partial charge in [0.1, 0.15) is 5.69 Å². The molecule has 6 nitrogen and oxygen atoms in total. The molecule has 1 aromatic carbocycles. The van der Waals surface area contributed by atoms with Gasteiger partial charge in [0.25, 0.3) is 11.8 Å². The molecule has 0 spiro atoms. The summed E-state index contributed by atoms with van der Waals surface area (Å²) < 4.78 is 0. The third-order valence-electron chi connectivity index (χ3n) is 2.17. The van der Waals surface area contributed by atoms with Gasteiger partial charge in [-0.25, -0.2) is 0 Å². The predicted molar refractivity (Wildman–Crippen MR) is 61.5 cm³/mol. The van der Waals surface area contributed by atoms with Crippen LogP contribution in [0.15, 0.2) is 36.5 Å². The highest BCUT2D eigenvalue weighted by Gasteiger charge is 2.12. The van der Waals surface area contributed by atoms with Crippen molar-refractivity contribution in [3.63, 3.8) is 0 Å². The smallest absolute Gasteiger partial charge is 0.276 e. The highest BCUT2D eigenvalue weighted by molar-refractivity contribution is 6.07. The normalized spacial score (nSPS) is 9.88. The van der Waals surface area contributed by atoms with Gasteiger partial charge < -0.3 is 11.1 Å². The van der Waals surface area contributed by atoms with Crippen LogP contribution in [0.3, 0.4) is 0 Å². The minimum absolute atomic E-state index is 0.240. The summed E-state index contributed by atoms with van der Waals surface area (Å²) >= 11 is 0. The number of hydrogen-bond acceptors (Lipinski definition) is 3. The number of aromatic amines is 1. The third kappa shape index (κ3) is 2.31. The Hall–Kier alpha value is -2.63. The van der Waals surface area contributed by atoms with E-state index < -0.39 is 11.8 Å². The fraction of sp³-hybridized carbons (Fsp3) is 0. The first-order valence-corrected chi connectivity index (χ1v) is 4.88. The van der Waals surface area contributed by atoms with E-state index in [0.717, 1.165) is 0 Å². The number of nitrogens with one attached hydrogen (secondary N) is 2. The predicted octanol–water partition coefficient (Wildman–Crippen LogP) is 0.761. The van der Waals surface area contributed by atoms with Crippen LogP contribution in [-0.4, -0.2) is 22.0 Å². The van der Waals surface area contributed by atoms with Crippen LogP contribution < -0.4 is 11.1 Å². The Labute approximate surface area is 96.8 Å². The molecule has 0 fully saturated rings. The number of anilines is 1. The fourth-order valence-corrected chi connectivity index (χ4v) is 1.38. The molecule has 0 aliphatic carbocycles. The molecule has 0 bridgehead atoms. The summed E-state index contributed by atoms with van der Waals surface area (Å²) in [4.78, 5) is 22.8. The lowest BCUT2D eigenvalue weighted by molar-refractivity contribution is 0.100. The summed E-state index contributed by atoms with van der Waals surface area (Å²) in [7, 11) is 0. The van der Waals surface area contributed by atoms with E-state index in [0.29, 0.717) is 5.69 Å². The first-order valence-electron chi connectivity index (χ1n) is 4.88. The molecule has 86 valence electrons. The molecule has 2 aromatic rings. The summed E-state index contributed by atoms with van der Waals surface area (Å²) in [6.07, 6.45) is 1.54. The van der Waals surface area contributed by atoms with E-state index in [1.807, 2.05) is 0 Å². The van der Waals surface area contributed by atoms with Gasteiger partial charge in [0.15, 0.2) is 0 Å². The summed E-state index contributed by atoms with van der Waals surface area (Å²) in [5.74, 6) is -0.997. The number of rotatable bonds is 3. The molecule has 4 N–H and O–H groups in total. The lowest BCUT2D eigenvalue weighted by Gasteiger charge is -2.06. The maximum Gasteiger partial charge on any atom is 0.276 e. The Balaban J connectivity index is 2.25. The second-order valence-corrected chi connectivity index (χ2v) is 3.32. The van der Waals surface area contributed by atoms with E-state index in [2.05, 4.69) is 15.5 Å². The first kappa shape index (κ1) is 10.9. The molecule has 0 atom stereocenters. The van der Waals surface area contributed by atoms with Crippen LogP contribution in [0.25, 0.3) is 0 Å². The minimum atomic E-state index is -0.595. The number of benzene rings is 1. The van der Waals surface area contributed by atoms with E-state index in [1.54, 1.807) is 24.3 Å². The average molecular weight is 230 g/mol. The van der Waals surface area contributed by atoms with Crippen molar-refractivity contribution in [2.75, 3.05) is 5.32 Å². The summed E-state index contributed by atoms with van der Waals surface area (Å²) in [5, 5.41) is 8.84. The van der Waals surface area contributed by atoms with Gasteiger partial charge in [0.05, 0.1) is 11.3 Å². The average Bonchev–Trinajstić information content (AvgIpc) is 2.83. The molecule has 0 radical (unpaired) electrons. The number of H-pyrrole nitrogens is 1. The number of primary amides is 1. The number of nitrogens with zero attached hydrogens (tertiary/aromatic N) is 1. The summed E-state index contributed by atoms with van der Waals surface area (Å²) in [6, 6.07) is 8.05. The second-order valence-electron chi connectivity index (χ2n) is 3.32. The molecule has 0 aliphatic heterocycles. The fourth-order valence-electron chi connectivity index (χ4n) is 1.38. The zero-order valence-corrected chi connectivity index (χ0v) is 8.81. The molecule has 0 saturated heterocycles. The standard InChI is InChI=1S/C11H10N4O2/c12-10(16)7-3-1-2-4-8(7)14-11(17)9-5-6-13-15-9/h1-6H,(H2,12,16)(H,13,15)(H,14,17). The molecule has 0 unspecified atom stereocenters. The van der Waals surface area contributed by atoms with Gasteiger partial charge in [0, 0.05) is 6.20 Å². The van der Waals surface area contributed by atoms with Crippen molar-refractivity contribution in [1.82, 2.24) is 10.2 Å². The molecule has 17 heavy (non-hydrogen) atoms. The number of aromatic nitrogens is 2. The number of para-hydroxylation sites is 1. The van der Waals surface area contributed by atoms with Gasteiger partial charge in [-0.2, -0.15) is 5.10 Å². The first-order chi connectivity index (χ1) is 8.18. The van der Waals surface area contributed by atoms with Crippen LogP contribution in [-0.2, 0) is 0 Å². The van der Waals surface area contributed by atoms with E-state index in [4.69, 9.17) is 5.73 Å². The number of hydrogen-bond donors (Lipinski definition) is 3. The van der Waals surface area contributed by atoms with Crippen LogP contribution in [0.2, 0.25) is 0 Å². The SMILES string of the molecule is NC(=O)c1ccccc1NC(=O)c1cc[nH]n1. The van der Waals surface area contributed by atoms with Crippen LogP contribution in [0, 0.1) is 0 Å². The van der Waals surface area contributed by atoms with Gasteiger partial charge in [-0.15, -0.1) is 0 Å². The summed E-state index contributed by atoms with van der Waals surface area (Å²) in [6.45, 7) is 0. The van der Waals surface area contributed by atoms with Crippen LogP contribution in [0.1, 0.15) is 20.8 Å². The zero-order chi connectivity index (χ0) is 12.3. The largest absolute Gasteiger partial charge is 0.366 e. The topological polar surface area (TPSA) is 101 Å². The molecule has 2 amide bonds. The molecule has 1 heterocycles. The van der Waals surface area contributed by atoms with E-state index >= 15 is 0 Å². The lowest BCUT2D eigenvalue weighted by atomic mass is 10.1. The molecule has 0 aliphatic rings. The number of amides is 2. The van der Waals surface area contributed by atoms with E-state index in [-0.39, 0.29) is 11.3 Å². The van der Waals surface area contributed by atoms with Crippen molar-refractivity contribution < 1.29 is 9.59 Å².